The Morgan fingerprint density at radius 3 is 1.78 bits per heavy atom. The lowest BCUT2D eigenvalue weighted by atomic mass is 9.94. The molecule has 0 aliphatic rings. The van der Waals surface area contributed by atoms with Crippen LogP contribution in [0.15, 0.2) is 0 Å². The Balaban J connectivity index is 0. The highest BCUT2D eigenvalue weighted by atomic mass is 19.4. The minimum Gasteiger partial charge on any atom is -0.475 e. The number of aliphatic carboxylic acids is 1. The van der Waals surface area contributed by atoms with Crippen LogP contribution in [0.3, 0.4) is 0 Å². The van der Waals surface area contributed by atoms with Crippen LogP contribution >= 0.6 is 0 Å². The van der Waals surface area contributed by atoms with Gasteiger partial charge in [-0.25, -0.2) is 4.79 Å². The number of hydrogen-bond donors (Lipinski definition) is 2. The van der Waals surface area contributed by atoms with E-state index in [0.717, 1.165) is 6.42 Å². The van der Waals surface area contributed by atoms with Gasteiger partial charge in [0.1, 0.15) is 0 Å². The average molecular weight is 401 g/mol. The molecule has 0 aromatic carbocycles. The summed E-state index contributed by atoms with van der Waals surface area (Å²) in [4.78, 5) is 32.1. The molecule has 0 aliphatic carbocycles. The molecule has 0 bridgehead atoms. The van der Waals surface area contributed by atoms with Crippen molar-refractivity contribution in [3.05, 3.63) is 0 Å². The number of rotatable bonds is 9. The molecule has 3 N–H and O–H groups in total. The van der Waals surface area contributed by atoms with Crippen LogP contribution in [-0.2, 0) is 23.9 Å². The predicted octanol–water partition coefficient (Wildman–Crippen LogP) is 3.11. The smallest absolute Gasteiger partial charge is 0.475 e. The number of ether oxygens (including phenoxy) is 2. The molecule has 0 spiro atoms. The molecule has 0 amide bonds. The standard InChI is InChI=1S/C15H29NO4.C2HF3O2/c1-6-13(17)19-15(11(4)5)20-14(18)8-12(9-16)7-10(2)3;3-2(4,5)1(6)7/h10-12,15H,6-9,16H2,1-5H3;(H,6,7). The van der Waals surface area contributed by atoms with Crippen molar-refractivity contribution in [2.45, 2.75) is 66.3 Å². The molecule has 2 unspecified atom stereocenters. The maximum atomic E-state index is 11.9. The Morgan fingerprint density at radius 1 is 1.04 bits per heavy atom. The first kappa shape index (κ1) is 27.4. The summed E-state index contributed by atoms with van der Waals surface area (Å²) in [6.07, 6.45) is -4.49. The first-order valence-electron chi connectivity index (χ1n) is 8.63. The third-order valence-electron chi connectivity index (χ3n) is 3.16. The molecular weight excluding hydrogens is 371 g/mol. The van der Waals surface area contributed by atoms with Crippen molar-refractivity contribution in [1.82, 2.24) is 0 Å². The van der Waals surface area contributed by atoms with Gasteiger partial charge in [0.2, 0.25) is 6.29 Å². The second-order valence-electron chi connectivity index (χ2n) is 6.68. The number of carbonyl (C=O) groups is 3. The number of nitrogens with two attached hydrogens (primary N) is 1. The molecule has 0 aromatic rings. The van der Waals surface area contributed by atoms with Gasteiger partial charge in [-0.2, -0.15) is 13.2 Å². The Bertz CT molecular complexity index is 466. The van der Waals surface area contributed by atoms with Crippen molar-refractivity contribution in [1.29, 1.82) is 0 Å². The van der Waals surface area contributed by atoms with Gasteiger partial charge in [-0.05, 0) is 24.8 Å². The number of hydrogen-bond acceptors (Lipinski definition) is 6. The Kier molecular flexibility index (Phi) is 13.5. The SMILES string of the molecule is CCC(=O)OC(OC(=O)CC(CN)CC(C)C)C(C)C.O=C(O)C(F)(F)F. The van der Waals surface area contributed by atoms with Crippen LogP contribution in [0.5, 0.6) is 0 Å². The van der Waals surface area contributed by atoms with E-state index in [-0.39, 0.29) is 36.6 Å². The molecule has 0 aliphatic heterocycles. The summed E-state index contributed by atoms with van der Waals surface area (Å²) < 4.78 is 42.1. The summed E-state index contributed by atoms with van der Waals surface area (Å²) in [5.74, 6) is -2.96. The summed E-state index contributed by atoms with van der Waals surface area (Å²) in [7, 11) is 0. The molecule has 160 valence electrons. The van der Waals surface area contributed by atoms with Crippen molar-refractivity contribution >= 4 is 17.9 Å². The molecule has 27 heavy (non-hydrogen) atoms. The minimum absolute atomic E-state index is 0.0733. The molecular formula is C17H30F3NO6. The summed E-state index contributed by atoms with van der Waals surface area (Å²) in [6, 6.07) is 0. The Hall–Kier alpha value is -1.84. The zero-order valence-corrected chi connectivity index (χ0v) is 16.3. The van der Waals surface area contributed by atoms with E-state index in [9.17, 15) is 22.8 Å². The van der Waals surface area contributed by atoms with Gasteiger partial charge >= 0.3 is 24.1 Å². The highest BCUT2D eigenvalue weighted by Gasteiger charge is 2.38. The van der Waals surface area contributed by atoms with E-state index in [4.69, 9.17) is 25.1 Å². The molecule has 10 heteroatoms. The second kappa shape index (κ2) is 13.3. The lowest BCUT2D eigenvalue weighted by Crippen LogP contribution is -2.31. The van der Waals surface area contributed by atoms with E-state index in [0.29, 0.717) is 12.5 Å². The van der Waals surface area contributed by atoms with Crippen LogP contribution in [0.2, 0.25) is 0 Å². The largest absolute Gasteiger partial charge is 0.490 e. The maximum Gasteiger partial charge on any atom is 0.490 e. The molecule has 2 atom stereocenters. The van der Waals surface area contributed by atoms with Gasteiger partial charge in [-0.15, -0.1) is 0 Å². The monoisotopic (exact) mass is 401 g/mol. The molecule has 0 fully saturated rings. The van der Waals surface area contributed by atoms with E-state index in [1.165, 1.54) is 0 Å². The van der Waals surface area contributed by atoms with Crippen molar-refractivity contribution < 1.29 is 42.1 Å². The molecule has 0 saturated carbocycles. The minimum atomic E-state index is -5.08. The highest BCUT2D eigenvalue weighted by Crippen LogP contribution is 2.17. The highest BCUT2D eigenvalue weighted by molar-refractivity contribution is 5.73. The van der Waals surface area contributed by atoms with E-state index in [1.54, 1.807) is 6.92 Å². The first-order valence-corrected chi connectivity index (χ1v) is 8.63. The maximum absolute atomic E-state index is 11.9. The van der Waals surface area contributed by atoms with Gasteiger partial charge in [0.05, 0.1) is 0 Å². The normalized spacial score (nSPS) is 13.4. The van der Waals surface area contributed by atoms with Gasteiger partial charge in [-0.1, -0.05) is 34.6 Å². The van der Waals surface area contributed by atoms with Gasteiger partial charge in [0.15, 0.2) is 0 Å². The molecule has 7 nitrogen and oxygen atoms in total. The Morgan fingerprint density at radius 2 is 1.48 bits per heavy atom. The van der Waals surface area contributed by atoms with Gasteiger partial charge in [-0.3, -0.25) is 9.59 Å². The molecule has 0 aromatic heterocycles. The topological polar surface area (TPSA) is 116 Å². The number of carboxylic acid groups (broad SMARTS) is 1. The predicted molar refractivity (Wildman–Crippen MR) is 91.4 cm³/mol. The van der Waals surface area contributed by atoms with E-state index in [2.05, 4.69) is 13.8 Å². The summed E-state index contributed by atoms with van der Waals surface area (Å²) >= 11 is 0. The van der Waals surface area contributed by atoms with Crippen molar-refractivity contribution in [3.63, 3.8) is 0 Å². The summed E-state index contributed by atoms with van der Waals surface area (Å²) in [5, 5.41) is 7.12. The van der Waals surface area contributed by atoms with Crippen LogP contribution < -0.4 is 5.73 Å². The fourth-order valence-corrected chi connectivity index (χ4v) is 1.85. The number of esters is 2. The number of carbonyl (C=O) groups excluding carboxylic acids is 2. The summed E-state index contributed by atoms with van der Waals surface area (Å²) in [5.41, 5.74) is 5.67. The zero-order valence-electron chi connectivity index (χ0n) is 16.3. The third-order valence-corrected chi connectivity index (χ3v) is 3.16. The average Bonchev–Trinajstić information content (AvgIpc) is 2.52. The molecule has 0 rings (SSSR count). The van der Waals surface area contributed by atoms with Crippen LogP contribution in [0.1, 0.15) is 53.9 Å². The van der Waals surface area contributed by atoms with Crippen LogP contribution in [0, 0.1) is 17.8 Å². The lowest BCUT2D eigenvalue weighted by Gasteiger charge is -2.23. The van der Waals surface area contributed by atoms with Crippen LogP contribution in [0.4, 0.5) is 13.2 Å². The van der Waals surface area contributed by atoms with E-state index >= 15 is 0 Å². The van der Waals surface area contributed by atoms with Crippen molar-refractivity contribution in [2.75, 3.05) is 6.54 Å². The van der Waals surface area contributed by atoms with Gasteiger partial charge in [0, 0.05) is 18.8 Å². The molecule has 0 heterocycles. The quantitative estimate of drug-likeness (QED) is 0.450. The van der Waals surface area contributed by atoms with Crippen molar-refractivity contribution in [2.24, 2.45) is 23.5 Å². The van der Waals surface area contributed by atoms with E-state index in [1.807, 2.05) is 13.8 Å². The van der Waals surface area contributed by atoms with Crippen LogP contribution in [0.25, 0.3) is 0 Å². The molecule has 0 radical (unpaired) electrons. The van der Waals surface area contributed by atoms with Crippen molar-refractivity contribution in [3.8, 4) is 0 Å². The number of carboxylic acids is 1. The summed E-state index contributed by atoms with van der Waals surface area (Å²) in [6.45, 7) is 10.0. The molecule has 0 saturated heterocycles. The van der Waals surface area contributed by atoms with Gasteiger partial charge < -0.3 is 20.3 Å². The Labute approximate surface area is 157 Å². The number of alkyl halides is 3. The zero-order chi connectivity index (χ0) is 21.8. The second-order valence-corrected chi connectivity index (χ2v) is 6.68. The van der Waals surface area contributed by atoms with E-state index < -0.39 is 18.4 Å². The third kappa shape index (κ3) is 15.0. The fourth-order valence-electron chi connectivity index (χ4n) is 1.85. The first-order chi connectivity index (χ1) is 12.2. The number of halogens is 3. The van der Waals surface area contributed by atoms with Crippen LogP contribution in [-0.4, -0.2) is 42.0 Å². The van der Waals surface area contributed by atoms with Gasteiger partial charge in [0.25, 0.3) is 0 Å². The lowest BCUT2D eigenvalue weighted by molar-refractivity contribution is -0.196. The fraction of sp³-hybridized carbons (Fsp3) is 0.824.